The van der Waals surface area contributed by atoms with Crippen LogP contribution in [0.4, 0.5) is 54.5 Å². The Morgan fingerprint density at radius 1 is 0.926 bits per heavy atom. The van der Waals surface area contributed by atoms with Crippen LogP contribution in [0.5, 0.6) is 0 Å². The maximum Gasteiger partial charge on any atom is 0.435 e. The fourth-order valence-corrected chi connectivity index (χ4v) is 9.17. The average molecular weight is 1050 g/mol. The van der Waals surface area contributed by atoms with Crippen molar-refractivity contribution in [1.29, 1.82) is 0 Å². The first-order chi connectivity index (χ1) is 31.0. The molecule has 1 aliphatic carbocycles. The number of alkyl halides is 8. The Hall–Kier alpha value is -5.45. The van der Waals surface area contributed by atoms with E-state index in [0.717, 1.165) is 56.5 Å². The SMILES string of the molecule is C[C@@H]1c2c(C(F)(F)F)nn(CC(=O)N[C@@H](Cc3cc(F)cc(F)c3)c3nc(C#CC(C)(C)S(C)(=O)=O)ccc3-c3ccc(Cl)c4c(N(C(=O)Cl)S(C)(=O)=O)nn(CC(F)(F)F)c34)c2C(F)(F)[C@@H]1C. The summed E-state index contributed by atoms with van der Waals surface area (Å²) in [6.07, 6.45) is -9.73. The van der Waals surface area contributed by atoms with E-state index in [0.29, 0.717) is 12.3 Å². The predicted octanol–water partition coefficient (Wildman–Crippen LogP) is 9.05. The summed E-state index contributed by atoms with van der Waals surface area (Å²) in [7, 11) is -8.65. The summed E-state index contributed by atoms with van der Waals surface area (Å²) in [6.45, 7) is 1.30. The van der Waals surface area contributed by atoms with E-state index in [1.165, 1.54) is 13.8 Å². The Morgan fingerprint density at radius 2 is 1.53 bits per heavy atom. The Bertz CT molecular complexity index is 3160. The number of sulfone groups is 1. The monoisotopic (exact) mass is 1050 g/mol. The second-order valence-corrected chi connectivity index (χ2v) is 21.6. The zero-order valence-corrected chi connectivity index (χ0v) is 39.0. The van der Waals surface area contributed by atoms with Crippen LogP contribution in [-0.2, 0) is 56.3 Å². The third-order valence-electron chi connectivity index (χ3n) is 11.1. The van der Waals surface area contributed by atoms with E-state index in [1.807, 2.05) is 0 Å². The number of nitrogens with zero attached hydrogens (tertiary/aromatic N) is 6. The first-order valence-electron chi connectivity index (χ1n) is 19.5. The van der Waals surface area contributed by atoms with E-state index < -0.39 is 148 Å². The zero-order valence-electron chi connectivity index (χ0n) is 35.9. The number of carbonyl (C=O) groups excluding carboxylic acids is 2. The normalized spacial score (nSPS) is 16.9. The van der Waals surface area contributed by atoms with Gasteiger partial charge in [0.25, 0.3) is 5.92 Å². The topological polar surface area (TPSA) is 166 Å². The first kappa shape index (κ1) is 51.9. The highest BCUT2D eigenvalue weighted by molar-refractivity contribution is 7.93. The van der Waals surface area contributed by atoms with Gasteiger partial charge in [0.15, 0.2) is 21.3 Å². The van der Waals surface area contributed by atoms with E-state index in [1.54, 1.807) is 0 Å². The molecule has 6 rings (SSSR count). The van der Waals surface area contributed by atoms with Gasteiger partial charge in [-0.25, -0.2) is 30.6 Å². The van der Waals surface area contributed by atoms with Crippen LogP contribution in [0.15, 0.2) is 42.5 Å². The van der Waals surface area contributed by atoms with Crippen LogP contribution in [0, 0.1) is 29.4 Å². The highest BCUT2D eigenvalue weighted by atomic mass is 35.5. The van der Waals surface area contributed by atoms with Gasteiger partial charge in [-0.05, 0) is 79.6 Å². The smallest absolute Gasteiger partial charge is 0.346 e. The molecular weight excluding hydrogens is 1010 g/mol. The summed E-state index contributed by atoms with van der Waals surface area (Å²) in [5.41, 5.74) is -6.09. The number of pyridine rings is 1. The van der Waals surface area contributed by atoms with Gasteiger partial charge in [0, 0.05) is 34.9 Å². The lowest BCUT2D eigenvalue weighted by atomic mass is 9.93. The minimum atomic E-state index is -5.26. The molecule has 3 aromatic heterocycles. The van der Waals surface area contributed by atoms with Gasteiger partial charge in [-0.1, -0.05) is 37.4 Å². The van der Waals surface area contributed by atoms with Gasteiger partial charge in [0.05, 0.1) is 33.9 Å². The van der Waals surface area contributed by atoms with Crippen molar-refractivity contribution in [2.45, 2.75) is 82.2 Å². The molecule has 0 saturated carbocycles. The fraction of sp³-hybridized carbons (Fsp3) is 0.390. The lowest BCUT2D eigenvalue weighted by Crippen LogP contribution is -2.35. The number of anilines is 1. The maximum atomic E-state index is 15.7. The molecule has 2 amide bonds. The average Bonchev–Trinajstić information content (AvgIpc) is 3.78. The van der Waals surface area contributed by atoms with Crippen LogP contribution in [0.3, 0.4) is 0 Å². The third-order valence-corrected chi connectivity index (χ3v) is 14.7. The molecule has 27 heteroatoms. The summed E-state index contributed by atoms with van der Waals surface area (Å²) in [6, 6.07) is 4.69. The van der Waals surface area contributed by atoms with Crippen molar-refractivity contribution in [1.82, 2.24) is 29.9 Å². The molecule has 5 aromatic rings. The van der Waals surface area contributed by atoms with E-state index in [9.17, 15) is 61.5 Å². The molecule has 0 aliphatic heterocycles. The van der Waals surface area contributed by atoms with Gasteiger partial charge in [0.2, 0.25) is 15.9 Å². The van der Waals surface area contributed by atoms with E-state index >= 15 is 8.78 Å². The predicted molar refractivity (Wildman–Crippen MR) is 228 cm³/mol. The van der Waals surface area contributed by atoms with Gasteiger partial charge in [-0.3, -0.25) is 19.0 Å². The van der Waals surface area contributed by atoms with Gasteiger partial charge in [-0.15, -0.1) is 0 Å². The molecule has 0 radical (unpaired) electrons. The summed E-state index contributed by atoms with van der Waals surface area (Å²) in [4.78, 5) is 31.2. The van der Waals surface area contributed by atoms with Crippen LogP contribution < -0.4 is 9.62 Å². The summed E-state index contributed by atoms with van der Waals surface area (Å²) in [5, 5.41) is 6.72. The lowest BCUT2D eigenvalue weighted by Gasteiger charge is -2.24. The van der Waals surface area contributed by atoms with E-state index in [4.69, 9.17) is 23.2 Å². The number of fused-ring (bicyclic) bond motifs is 2. The standard InChI is InChI=1S/C41H35Cl2F10N7O6S2/c1-19-20(2)40(49,50)35-30(19)34(41(51,52)53)56-58(35)17-29(61)55-28(15-21-13-22(44)16-23(45)14-21)32-25(8-7-24(54-32)11-12-38(3,4)67(5,63)64)26-9-10-27(42)31-33(26)59(18-39(46,47)48)57-36(31)60(37(43)62)68(6,65)66/h7-10,13-14,16,19-20,28H,15,17-18H2,1-6H3,(H,55,61)/t19-,20+,28-/m0/s1. The number of hydrogen-bond acceptors (Lipinski definition) is 9. The number of halogens is 12. The van der Waals surface area contributed by atoms with Crippen LogP contribution in [0.2, 0.25) is 5.02 Å². The van der Waals surface area contributed by atoms with Gasteiger partial charge in [0.1, 0.15) is 40.9 Å². The number of sulfonamides is 1. The van der Waals surface area contributed by atoms with Crippen molar-refractivity contribution < 1.29 is 70.3 Å². The number of nitrogens with one attached hydrogen (secondary N) is 1. The molecule has 0 bridgehead atoms. The molecule has 0 spiro atoms. The van der Waals surface area contributed by atoms with Crippen LogP contribution in [-0.4, -0.2) is 76.1 Å². The second kappa shape index (κ2) is 17.8. The minimum absolute atomic E-state index is 0.135. The molecular formula is C41H35Cl2F10N7O6S2. The minimum Gasteiger partial charge on any atom is -0.346 e. The Balaban J connectivity index is 1.66. The van der Waals surface area contributed by atoms with E-state index in [2.05, 4.69) is 32.3 Å². The molecule has 366 valence electrons. The molecule has 0 unspecified atom stereocenters. The summed E-state index contributed by atoms with van der Waals surface area (Å²) < 4.78 is 196. The quantitative estimate of drug-likeness (QED) is 0.0588. The number of hydrogen-bond donors (Lipinski definition) is 1. The number of aromatic nitrogens is 5. The van der Waals surface area contributed by atoms with Gasteiger partial charge in [-0.2, -0.15) is 49.6 Å². The molecule has 0 fully saturated rings. The van der Waals surface area contributed by atoms with Crippen molar-refractivity contribution in [2.24, 2.45) is 5.92 Å². The fourth-order valence-electron chi connectivity index (χ4n) is 7.54. The number of carbonyl (C=O) groups is 2. The van der Waals surface area contributed by atoms with Crippen LogP contribution >= 0.6 is 23.2 Å². The zero-order chi connectivity index (χ0) is 51.0. The molecule has 13 nitrogen and oxygen atoms in total. The maximum absolute atomic E-state index is 15.7. The van der Waals surface area contributed by atoms with Crippen LogP contribution in [0.1, 0.15) is 73.6 Å². The number of rotatable bonds is 11. The van der Waals surface area contributed by atoms with Crippen molar-refractivity contribution in [2.75, 3.05) is 16.8 Å². The van der Waals surface area contributed by atoms with E-state index in [-0.39, 0.29) is 36.1 Å². The number of amides is 2. The Morgan fingerprint density at radius 3 is 2.07 bits per heavy atom. The number of benzene rings is 2. The summed E-state index contributed by atoms with van der Waals surface area (Å²) in [5.74, 6) is -6.59. The van der Waals surface area contributed by atoms with Crippen molar-refractivity contribution in [3.63, 3.8) is 0 Å². The molecule has 1 aliphatic rings. The molecule has 3 heterocycles. The highest BCUT2D eigenvalue weighted by Gasteiger charge is 2.57. The lowest BCUT2D eigenvalue weighted by molar-refractivity contribution is -0.143. The second-order valence-electron chi connectivity index (χ2n) is 16.4. The molecule has 2 aromatic carbocycles. The molecule has 3 atom stereocenters. The largest absolute Gasteiger partial charge is 0.435 e. The van der Waals surface area contributed by atoms with Crippen molar-refractivity contribution in [3.05, 3.63) is 93.0 Å². The Labute approximate surface area is 390 Å². The molecule has 0 saturated heterocycles. The molecule has 68 heavy (non-hydrogen) atoms. The van der Waals surface area contributed by atoms with Gasteiger partial charge >= 0.3 is 17.7 Å². The van der Waals surface area contributed by atoms with Crippen LogP contribution in [0.25, 0.3) is 22.0 Å². The Kier molecular flexibility index (Phi) is 13.6. The van der Waals surface area contributed by atoms with Gasteiger partial charge < -0.3 is 5.32 Å². The highest BCUT2D eigenvalue weighted by Crippen LogP contribution is 2.55. The first-order valence-corrected chi connectivity index (χ1v) is 24.0. The van der Waals surface area contributed by atoms with Crippen molar-refractivity contribution in [3.8, 4) is 23.0 Å². The van der Waals surface area contributed by atoms with Crippen molar-refractivity contribution >= 4 is 71.1 Å². The third kappa shape index (κ3) is 10.3. The molecule has 1 N–H and O–H groups in total. The summed E-state index contributed by atoms with van der Waals surface area (Å²) >= 11 is 12.1.